The average Bonchev–Trinajstić information content (AvgIpc) is 3.11. The van der Waals surface area contributed by atoms with Gasteiger partial charge in [0.25, 0.3) is 0 Å². The zero-order chi connectivity index (χ0) is 21.8. The number of thiophene rings is 1. The first-order chi connectivity index (χ1) is 15.0. The SMILES string of the molecule is Cc1sc2ncnc(NCCCC(=O)Nc3c(F)cccc3F)c2c1-c1ccccc1. The van der Waals surface area contributed by atoms with E-state index in [2.05, 4.69) is 39.7 Å². The molecule has 5 nitrogen and oxygen atoms in total. The molecule has 2 heterocycles. The second-order valence-electron chi connectivity index (χ2n) is 6.98. The second kappa shape index (κ2) is 9.18. The van der Waals surface area contributed by atoms with Gasteiger partial charge in [-0.05, 0) is 31.0 Å². The van der Waals surface area contributed by atoms with E-state index in [9.17, 15) is 13.6 Å². The Hall–Kier alpha value is -3.39. The maximum atomic E-state index is 13.7. The van der Waals surface area contributed by atoms with Crippen LogP contribution in [0, 0.1) is 18.6 Å². The van der Waals surface area contributed by atoms with Crippen molar-refractivity contribution in [3.05, 3.63) is 71.4 Å². The molecule has 2 N–H and O–H groups in total. The van der Waals surface area contributed by atoms with Gasteiger partial charge in [0, 0.05) is 23.4 Å². The quantitative estimate of drug-likeness (QED) is 0.359. The summed E-state index contributed by atoms with van der Waals surface area (Å²) in [6, 6.07) is 13.5. The number of benzene rings is 2. The van der Waals surface area contributed by atoms with E-state index in [0.717, 1.165) is 38.4 Å². The lowest BCUT2D eigenvalue weighted by molar-refractivity contribution is -0.116. The number of nitrogens with zero attached hydrogens (tertiary/aromatic N) is 2. The van der Waals surface area contributed by atoms with Crippen molar-refractivity contribution in [3.8, 4) is 11.1 Å². The Morgan fingerprint density at radius 1 is 1.03 bits per heavy atom. The van der Waals surface area contributed by atoms with Crippen LogP contribution in [0.1, 0.15) is 17.7 Å². The van der Waals surface area contributed by atoms with Gasteiger partial charge < -0.3 is 10.6 Å². The molecule has 0 unspecified atom stereocenters. The predicted octanol–water partition coefficient (Wildman–Crippen LogP) is 5.78. The molecule has 31 heavy (non-hydrogen) atoms. The number of carbonyl (C=O) groups excluding carboxylic acids is 1. The van der Waals surface area contributed by atoms with Crippen molar-refractivity contribution in [2.24, 2.45) is 0 Å². The van der Waals surface area contributed by atoms with Crippen LogP contribution in [-0.2, 0) is 4.79 Å². The molecule has 0 aliphatic carbocycles. The topological polar surface area (TPSA) is 66.9 Å². The van der Waals surface area contributed by atoms with Crippen LogP contribution in [0.2, 0.25) is 0 Å². The summed E-state index contributed by atoms with van der Waals surface area (Å²) in [5, 5.41) is 6.53. The summed E-state index contributed by atoms with van der Waals surface area (Å²) < 4.78 is 27.3. The Balaban J connectivity index is 1.43. The smallest absolute Gasteiger partial charge is 0.224 e. The lowest BCUT2D eigenvalue weighted by Crippen LogP contribution is -2.15. The van der Waals surface area contributed by atoms with Gasteiger partial charge in [0.15, 0.2) is 0 Å². The molecule has 1 amide bonds. The van der Waals surface area contributed by atoms with E-state index in [1.54, 1.807) is 11.3 Å². The fourth-order valence-electron chi connectivity index (χ4n) is 3.41. The van der Waals surface area contributed by atoms with Crippen LogP contribution < -0.4 is 10.6 Å². The number of para-hydroxylation sites is 1. The number of aromatic nitrogens is 2. The third kappa shape index (κ3) is 4.54. The van der Waals surface area contributed by atoms with Crippen molar-refractivity contribution in [2.75, 3.05) is 17.2 Å². The third-order valence-electron chi connectivity index (χ3n) is 4.83. The number of fused-ring (bicyclic) bond motifs is 1. The first-order valence-electron chi connectivity index (χ1n) is 9.82. The van der Waals surface area contributed by atoms with Crippen molar-refractivity contribution < 1.29 is 13.6 Å². The molecule has 0 radical (unpaired) electrons. The highest BCUT2D eigenvalue weighted by Crippen LogP contribution is 2.40. The minimum absolute atomic E-state index is 0.114. The molecule has 4 rings (SSSR count). The van der Waals surface area contributed by atoms with E-state index in [1.807, 2.05) is 18.2 Å². The Bertz CT molecular complexity index is 1210. The van der Waals surface area contributed by atoms with Crippen LogP contribution in [0.25, 0.3) is 21.3 Å². The molecule has 0 atom stereocenters. The number of hydrogen-bond acceptors (Lipinski definition) is 5. The highest BCUT2D eigenvalue weighted by atomic mass is 32.1. The third-order valence-corrected chi connectivity index (χ3v) is 5.84. The van der Waals surface area contributed by atoms with Gasteiger partial charge in [-0.3, -0.25) is 4.79 Å². The summed E-state index contributed by atoms with van der Waals surface area (Å²) in [7, 11) is 0. The van der Waals surface area contributed by atoms with Gasteiger partial charge in [-0.2, -0.15) is 0 Å². The Labute approximate surface area is 182 Å². The summed E-state index contributed by atoms with van der Waals surface area (Å²) >= 11 is 1.61. The van der Waals surface area contributed by atoms with E-state index in [0.29, 0.717) is 18.8 Å². The molecule has 2 aromatic heterocycles. The van der Waals surface area contributed by atoms with Crippen LogP contribution in [0.5, 0.6) is 0 Å². The van der Waals surface area contributed by atoms with Gasteiger partial charge in [0.1, 0.15) is 34.3 Å². The van der Waals surface area contributed by atoms with Crippen molar-refractivity contribution in [1.29, 1.82) is 0 Å². The number of anilines is 2. The molecular weight excluding hydrogens is 418 g/mol. The van der Waals surface area contributed by atoms with Crippen molar-refractivity contribution in [2.45, 2.75) is 19.8 Å². The molecule has 0 saturated carbocycles. The molecular formula is C23H20F2N4OS. The lowest BCUT2D eigenvalue weighted by atomic mass is 10.0. The minimum Gasteiger partial charge on any atom is -0.369 e. The molecule has 2 aromatic carbocycles. The van der Waals surface area contributed by atoms with Gasteiger partial charge in [0.05, 0.1) is 5.39 Å². The van der Waals surface area contributed by atoms with Crippen molar-refractivity contribution in [3.63, 3.8) is 0 Å². The van der Waals surface area contributed by atoms with E-state index < -0.39 is 23.2 Å². The maximum Gasteiger partial charge on any atom is 0.224 e. The summed E-state index contributed by atoms with van der Waals surface area (Å²) in [6.45, 7) is 2.53. The first-order valence-corrected chi connectivity index (χ1v) is 10.6. The number of rotatable bonds is 7. The van der Waals surface area contributed by atoms with Gasteiger partial charge in [-0.1, -0.05) is 36.4 Å². The highest BCUT2D eigenvalue weighted by Gasteiger charge is 2.16. The van der Waals surface area contributed by atoms with Crippen LogP contribution in [0.3, 0.4) is 0 Å². The number of carbonyl (C=O) groups is 1. The summed E-state index contributed by atoms with van der Waals surface area (Å²) in [5.74, 6) is -1.34. The van der Waals surface area contributed by atoms with Crippen LogP contribution in [-0.4, -0.2) is 22.4 Å². The first kappa shape index (κ1) is 20.9. The van der Waals surface area contributed by atoms with Gasteiger partial charge >= 0.3 is 0 Å². The number of hydrogen-bond donors (Lipinski definition) is 2. The minimum atomic E-state index is -0.795. The summed E-state index contributed by atoms with van der Waals surface area (Å²) in [5.41, 5.74) is 1.77. The fraction of sp³-hybridized carbons (Fsp3) is 0.174. The Morgan fingerprint density at radius 2 is 1.77 bits per heavy atom. The summed E-state index contributed by atoms with van der Waals surface area (Å²) in [4.78, 5) is 22.9. The molecule has 4 aromatic rings. The maximum absolute atomic E-state index is 13.7. The van der Waals surface area contributed by atoms with Crippen molar-refractivity contribution >= 4 is 39.0 Å². The highest BCUT2D eigenvalue weighted by molar-refractivity contribution is 7.19. The molecule has 158 valence electrons. The van der Waals surface area contributed by atoms with Crippen LogP contribution in [0.15, 0.2) is 54.9 Å². The van der Waals surface area contributed by atoms with Crippen LogP contribution >= 0.6 is 11.3 Å². The Kier molecular flexibility index (Phi) is 6.18. The van der Waals surface area contributed by atoms with E-state index in [-0.39, 0.29) is 6.42 Å². The van der Waals surface area contributed by atoms with E-state index in [4.69, 9.17) is 0 Å². The number of amides is 1. The summed E-state index contributed by atoms with van der Waals surface area (Å²) in [6.07, 6.45) is 2.10. The largest absolute Gasteiger partial charge is 0.369 e. The monoisotopic (exact) mass is 438 g/mol. The molecule has 0 saturated heterocycles. The number of nitrogens with one attached hydrogen (secondary N) is 2. The number of halogens is 2. The average molecular weight is 439 g/mol. The van der Waals surface area contributed by atoms with Crippen molar-refractivity contribution in [1.82, 2.24) is 9.97 Å². The van der Waals surface area contributed by atoms with Crippen LogP contribution in [0.4, 0.5) is 20.3 Å². The molecule has 0 aliphatic heterocycles. The lowest BCUT2D eigenvalue weighted by Gasteiger charge is -2.10. The normalized spacial score (nSPS) is 10.9. The molecule has 0 aliphatic rings. The molecule has 0 fully saturated rings. The Morgan fingerprint density at radius 3 is 2.52 bits per heavy atom. The molecule has 0 bridgehead atoms. The zero-order valence-electron chi connectivity index (χ0n) is 16.8. The molecule has 8 heteroatoms. The second-order valence-corrected chi connectivity index (χ2v) is 8.18. The van der Waals surface area contributed by atoms with E-state index in [1.165, 1.54) is 12.4 Å². The zero-order valence-corrected chi connectivity index (χ0v) is 17.6. The van der Waals surface area contributed by atoms with Gasteiger partial charge in [0.2, 0.25) is 5.91 Å². The van der Waals surface area contributed by atoms with Gasteiger partial charge in [-0.15, -0.1) is 11.3 Å². The van der Waals surface area contributed by atoms with E-state index >= 15 is 0 Å². The number of aryl methyl sites for hydroxylation is 1. The molecule has 0 spiro atoms. The van der Waals surface area contributed by atoms with Gasteiger partial charge in [-0.25, -0.2) is 18.7 Å². The fourth-order valence-corrected chi connectivity index (χ4v) is 4.42. The standard InChI is InChI=1S/C23H20F2N4OS/c1-14-19(15-7-3-2-4-8-15)20-22(27-13-28-23(20)31-14)26-12-6-11-18(30)29-21-16(24)9-5-10-17(21)25/h2-5,7-10,13H,6,11-12H2,1H3,(H,29,30)(H,26,27,28). The predicted molar refractivity (Wildman–Crippen MR) is 120 cm³/mol.